The second-order valence-corrected chi connectivity index (χ2v) is 7.36. The Hall–Kier alpha value is -4.06. The fraction of sp³-hybridized carbons (Fsp3) is 0.120. The number of phenolic OH excluding ortho intramolecular Hbond substituents is 1. The van der Waals surface area contributed by atoms with Gasteiger partial charge in [0, 0.05) is 11.5 Å². The van der Waals surface area contributed by atoms with Gasteiger partial charge in [0.25, 0.3) is 0 Å². The van der Waals surface area contributed by atoms with Crippen LogP contribution in [0.5, 0.6) is 17.2 Å². The van der Waals surface area contributed by atoms with E-state index in [2.05, 4.69) is 0 Å². The normalized spacial score (nSPS) is 15.4. The number of benzene rings is 3. The average Bonchev–Trinajstić information content (AvgIpc) is 2.79. The first-order valence-electron chi connectivity index (χ1n) is 9.78. The molecule has 1 unspecified atom stereocenters. The lowest BCUT2D eigenvalue weighted by atomic mass is 9.85. The minimum absolute atomic E-state index is 0.00168. The highest BCUT2D eigenvalue weighted by Crippen LogP contribution is 2.44. The highest BCUT2D eigenvalue weighted by molar-refractivity contribution is 5.90. The molecule has 0 saturated heterocycles. The Morgan fingerprint density at radius 3 is 2.61 bits per heavy atom. The first-order chi connectivity index (χ1) is 15.1. The minimum atomic E-state index is -0.417. The van der Waals surface area contributed by atoms with Gasteiger partial charge in [-0.3, -0.25) is 9.59 Å². The molecule has 154 valence electrons. The molecular formula is C25H18O6. The maximum atomic E-state index is 13.2. The van der Waals surface area contributed by atoms with Gasteiger partial charge in [-0.25, -0.2) is 0 Å². The number of ether oxygens (including phenoxy) is 2. The second-order valence-electron chi connectivity index (χ2n) is 7.36. The molecule has 0 fully saturated rings. The largest absolute Gasteiger partial charge is 0.504 e. The van der Waals surface area contributed by atoms with Crippen molar-refractivity contribution in [3.05, 3.63) is 88.3 Å². The van der Waals surface area contributed by atoms with E-state index in [-0.39, 0.29) is 23.6 Å². The average molecular weight is 414 g/mol. The van der Waals surface area contributed by atoms with Gasteiger partial charge in [0.2, 0.25) is 5.43 Å². The van der Waals surface area contributed by atoms with Crippen LogP contribution in [0.25, 0.3) is 22.1 Å². The van der Waals surface area contributed by atoms with Crippen molar-refractivity contribution in [1.82, 2.24) is 0 Å². The molecule has 1 aliphatic heterocycles. The summed E-state index contributed by atoms with van der Waals surface area (Å²) in [5.74, 6) is -0.142. The third-order valence-corrected chi connectivity index (χ3v) is 5.57. The molecular weight excluding hydrogens is 396 g/mol. The molecule has 2 heterocycles. The minimum Gasteiger partial charge on any atom is -0.504 e. The first kappa shape index (κ1) is 18.9. The summed E-state index contributed by atoms with van der Waals surface area (Å²) < 4.78 is 16.6. The highest BCUT2D eigenvalue weighted by atomic mass is 16.5. The Morgan fingerprint density at radius 2 is 1.84 bits per heavy atom. The predicted molar refractivity (Wildman–Crippen MR) is 115 cm³/mol. The number of hydrogen-bond acceptors (Lipinski definition) is 6. The Morgan fingerprint density at radius 1 is 1.03 bits per heavy atom. The van der Waals surface area contributed by atoms with Crippen LogP contribution >= 0.6 is 0 Å². The molecule has 1 N–H and O–H groups in total. The van der Waals surface area contributed by atoms with Crippen LogP contribution in [0.3, 0.4) is 0 Å². The molecule has 1 aromatic heterocycles. The van der Waals surface area contributed by atoms with E-state index in [1.165, 1.54) is 19.4 Å². The van der Waals surface area contributed by atoms with E-state index < -0.39 is 5.92 Å². The zero-order valence-corrected chi connectivity index (χ0v) is 16.6. The fourth-order valence-electron chi connectivity index (χ4n) is 4.07. The topological polar surface area (TPSA) is 86.0 Å². The smallest absolute Gasteiger partial charge is 0.312 e. The molecule has 6 heteroatoms. The first-order valence-corrected chi connectivity index (χ1v) is 9.78. The number of fused-ring (bicyclic) bond motifs is 3. The van der Waals surface area contributed by atoms with Crippen molar-refractivity contribution < 1.29 is 23.8 Å². The molecule has 5 rings (SSSR count). The number of hydrogen-bond donors (Lipinski definition) is 1. The summed E-state index contributed by atoms with van der Waals surface area (Å²) in [5.41, 5.74) is 2.82. The zero-order valence-electron chi connectivity index (χ0n) is 16.6. The van der Waals surface area contributed by atoms with Crippen molar-refractivity contribution in [2.45, 2.75) is 12.3 Å². The van der Waals surface area contributed by atoms with Crippen LogP contribution < -0.4 is 14.9 Å². The van der Waals surface area contributed by atoms with Crippen molar-refractivity contribution >= 4 is 16.9 Å². The van der Waals surface area contributed by atoms with Gasteiger partial charge in [0.15, 0.2) is 11.5 Å². The van der Waals surface area contributed by atoms with E-state index in [1.807, 2.05) is 30.3 Å². The van der Waals surface area contributed by atoms with E-state index >= 15 is 0 Å². The number of aromatic hydroxyl groups is 1. The predicted octanol–water partition coefficient (Wildman–Crippen LogP) is 4.62. The van der Waals surface area contributed by atoms with Crippen LogP contribution in [-0.4, -0.2) is 18.2 Å². The molecule has 0 aliphatic carbocycles. The van der Waals surface area contributed by atoms with Crippen molar-refractivity contribution in [3.8, 4) is 28.4 Å². The summed E-state index contributed by atoms with van der Waals surface area (Å²) in [7, 11) is 1.46. The molecule has 3 aromatic carbocycles. The molecule has 0 spiro atoms. The highest BCUT2D eigenvalue weighted by Gasteiger charge is 2.32. The van der Waals surface area contributed by atoms with Gasteiger partial charge in [0.05, 0.1) is 24.5 Å². The summed E-state index contributed by atoms with van der Waals surface area (Å²) in [6.07, 6.45) is 1.52. The van der Waals surface area contributed by atoms with Gasteiger partial charge in [-0.15, -0.1) is 0 Å². The molecule has 0 bridgehead atoms. The maximum Gasteiger partial charge on any atom is 0.312 e. The lowest BCUT2D eigenvalue weighted by molar-refractivity contribution is -0.135. The van der Waals surface area contributed by atoms with Crippen molar-refractivity contribution in [1.29, 1.82) is 0 Å². The van der Waals surface area contributed by atoms with E-state index in [0.717, 1.165) is 11.1 Å². The van der Waals surface area contributed by atoms with Crippen molar-refractivity contribution in [2.75, 3.05) is 7.11 Å². The van der Waals surface area contributed by atoms with E-state index in [1.54, 1.807) is 24.3 Å². The molecule has 1 aliphatic rings. The molecule has 0 saturated carbocycles. The molecule has 0 amide bonds. The Labute approximate surface area is 177 Å². The second kappa shape index (κ2) is 7.32. The SMILES string of the molecule is COc1cc(C2CC(=O)Oc3ccc4c(=O)c(-c5ccccc5)coc4c32)ccc1O. The lowest BCUT2D eigenvalue weighted by Crippen LogP contribution is -2.22. The van der Waals surface area contributed by atoms with E-state index in [4.69, 9.17) is 13.9 Å². The van der Waals surface area contributed by atoms with E-state index in [9.17, 15) is 14.7 Å². The summed E-state index contributed by atoms with van der Waals surface area (Å²) in [6.45, 7) is 0. The quantitative estimate of drug-likeness (QED) is 0.389. The van der Waals surface area contributed by atoms with Crippen LogP contribution in [0.4, 0.5) is 0 Å². The van der Waals surface area contributed by atoms with Gasteiger partial charge in [-0.1, -0.05) is 36.4 Å². The summed E-state index contributed by atoms with van der Waals surface area (Å²) in [5, 5.41) is 10.4. The van der Waals surface area contributed by atoms with Crippen molar-refractivity contribution in [2.24, 2.45) is 0 Å². The van der Waals surface area contributed by atoms with Crippen LogP contribution in [0.15, 0.2) is 76.1 Å². The van der Waals surface area contributed by atoms with Crippen LogP contribution in [0.2, 0.25) is 0 Å². The number of carbonyl (C=O) groups excluding carboxylic acids is 1. The Balaban J connectivity index is 1.74. The standard InChI is InChI=1S/C25H18O6/c1-29-21-11-15(7-9-19(21)26)17-12-22(27)31-20-10-8-16-24(28)18(13-30-25(16)23(17)20)14-5-3-2-4-6-14/h2-11,13,17,26H,12H2,1H3. The van der Waals surface area contributed by atoms with Gasteiger partial charge in [0.1, 0.15) is 17.6 Å². The lowest BCUT2D eigenvalue weighted by Gasteiger charge is -2.26. The molecule has 0 radical (unpaired) electrons. The summed E-state index contributed by atoms with van der Waals surface area (Å²) >= 11 is 0. The number of methoxy groups -OCH3 is 1. The van der Waals surface area contributed by atoms with Gasteiger partial charge < -0.3 is 19.0 Å². The Kier molecular flexibility index (Phi) is 4.47. The number of carbonyl (C=O) groups is 1. The van der Waals surface area contributed by atoms with Crippen LogP contribution in [-0.2, 0) is 4.79 Å². The number of phenols is 1. The van der Waals surface area contributed by atoms with Gasteiger partial charge in [-0.2, -0.15) is 0 Å². The monoisotopic (exact) mass is 414 g/mol. The number of rotatable bonds is 3. The molecule has 1 atom stereocenters. The third kappa shape index (κ3) is 3.13. The third-order valence-electron chi connectivity index (χ3n) is 5.57. The van der Waals surface area contributed by atoms with Crippen LogP contribution in [0.1, 0.15) is 23.5 Å². The zero-order chi connectivity index (χ0) is 21.5. The van der Waals surface area contributed by atoms with E-state index in [0.29, 0.717) is 33.6 Å². The number of esters is 1. The van der Waals surface area contributed by atoms with Gasteiger partial charge >= 0.3 is 5.97 Å². The van der Waals surface area contributed by atoms with Crippen LogP contribution in [0, 0.1) is 0 Å². The fourth-order valence-corrected chi connectivity index (χ4v) is 4.07. The van der Waals surface area contributed by atoms with Gasteiger partial charge in [-0.05, 0) is 35.4 Å². The summed E-state index contributed by atoms with van der Waals surface area (Å²) in [6, 6.07) is 17.5. The molecule has 4 aromatic rings. The van der Waals surface area contributed by atoms with Crippen molar-refractivity contribution in [3.63, 3.8) is 0 Å². The molecule has 31 heavy (non-hydrogen) atoms. The molecule has 6 nitrogen and oxygen atoms in total. The maximum absolute atomic E-state index is 13.2. The summed E-state index contributed by atoms with van der Waals surface area (Å²) in [4.78, 5) is 25.5. The Bertz CT molecular complexity index is 1370.